The van der Waals surface area contributed by atoms with Gasteiger partial charge in [-0.1, -0.05) is 142 Å². The molecule has 3 heteroatoms. The van der Waals surface area contributed by atoms with Gasteiger partial charge in [-0.3, -0.25) is 0 Å². The van der Waals surface area contributed by atoms with Crippen LogP contribution in [0.1, 0.15) is 47.9 Å². The minimum Gasteiger partial charge on any atom is -0.366 e. The first-order chi connectivity index (χ1) is 23.5. The highest BCUT2D eigenvalue weighted by molar-refractivity contribution is 5.89. The third-order valence-electron chi connectivity index (χ3n) is 9.33. The van der Waals surface area contributed by atoms with E-state index < -0.39 is 0 Å². The molecule has 1 heterocycles. The molecular weight excluding hydrogens is 583 g/mol. The van der Waals surface area contributed by atoms with Crippen LogP contribution in [-0.2, 0) is 6.42 Å². The Hall–Kier alpha value is -5.38. The van der Waals surface area contributed by atoms with Gasteiger partial charge in [0.2, 0.25) is 0 Å². The Balaban J connectivity index is 1.20. The Bertz CT molecular complexity index is 1890. The number of fused-ring (bicyclic) bond motifs is 2. The first-order valence-corrected chi connectivity index (χ1v) is 16.9. The van der Waals surface area contributed by atoms with Gasteiger partial charge in [-0.05, 0) is 94.9 Å². The molecule has 0 fully saturated rings. The van der Waals surface area contributed by atoms with Gasteiger partial charge in [0.25, 0.3) is 0 Å². The Kier molecular flexibility index (Phi) is 10.5. The molecule has 3 nitrogen and oxygen atoms in total. The Morgan fingerprint density at radius 3 is 2.67 bits per heavy atom. The van der Waals surface area contributed by atoms with E-state index in [1.807, 2.05) is 24.3 Å². The van der Waals surface area contributed by atoms with Crippen molar-refractivity contribution in [1.82, 2.24) is 5.32 Å². The van der Waals surface area contributed by atoms with Crippen LogP contribution in [0.15, 0.2) is 182 Å². The fourth-order valence-corrected chi connectivity index (χ4v) is 6.76. The molecule has 48 heavy (non-hydrogen) atoms. The van der Waals surface area contributed by atoms with Crippen LogP contribution in [0.3, 0.4) is 0 Å². The zero-order valence-electron chi connectivity index (χ0n) is 27.8. The maximum Gasteiger partial charge on any atom is 0.0938 e. The molecule has 0 radical (unpaired) electrons. The number of nitrogens with two attached hydrogens (primary N) is 1. The monoisotopic (exact) mass is 627 g/mol. The summed E-state index contributed by atoms with van der Waals surface area (Å²) in [6.07, 6.45) is 44.4. The van der Waals surface area contributed by atoms with Crippen molar-refractivity contribution < 1.29 is 0 Å². The fourth-order valence-electron chi connectivity index (χ4n) is 6.76. The molecular formula is C45H45N3. The lowest BCUT2D eigenvalue weighted by molar-refractivity contribution is 0.591. The molecule has 3 aliphatic carbocycles. The van der Waals surface area contributed by atoms with Crippen molar-refractivity contribution >= 4 is 22.5 Å². The lowest BCUT2D eigenvalue weighted by Gasteiger charge is -2.28. The van der Waals surface area contributed by atoms with E-state index in [1.54, 1.807) is 6.08 Å². The van der Waals surface area contributed by atoms with Crippen molar-refractivity contribution in [3.05, 3.63) is 205 Å². The highest BCUT2D eigenvalue weighted by atomic mass is 15.1. The Morgan fingerprint density at radius 1 is 0.958 bits per heavy atom. The summed E-state index contributed by atoms with van der Waals surface area (Å²) in [6.45, 7) is 10.5. The Labute approximate surface area is 286 Å². The molecule has 3 unspecified atom stereocenters. The van der Waals surface area contributed by atoms with Gasteiger partial charge in [0.1, 0.15) is 0 Å². The summed E-state index contributed by atoms with van der Waals surface area (Å²) in [6, 6.07) is 13.5. The lowest BCUT2D eigenvalue weighted by atomic mass is 9.94. The quantitative estimate of drug-likeness (QED) is 0.203. The Morgan fingerprint density at radius 2 is 1.85 bits per heavy atom. The van der Waals surface area contributed by atoms with Crippen LogP contribution in [0.5, 0.6) is 0 Å². The number of rotatable bonds is 10. The SMILES string of the molecule is C=C\C=C/C=C\C(NC(N)C=C/C=C\C1Cc2c(cccc2N2/C=C\C=C/C(=C)c3ccc(C4=CCC=C4)cc32)C1C)=C1/C=CC=CC1. The zero-order chi connectivity index (χ0) is 33.3. The summed E-state index contributed by atoms with van der Waals surface area (Å²) in [5, 5.41) is 3.48. The summed E-state index contributed by atoms with van der Waals surface area (Å²) < 4.78 is 0. The average Bonchev–Trinajstić information content (AvgIpc) is 3.76. The van der Waals surface area contributed by atoms with E-state index in [4.69, 9.17) is 5.73 Å². The standard InChI is InChI=1S/C45H45N3/c1-4-5-6-10-25-42(36-21-8-7-9-22-36)47-45(46)27-14-13-23-37-31-41-40(34(37)3)24-17-26-43(41)48-30-16-15-18-33(2)39-29-28-38(32-44(39)48)35-19-11-12-20-35/h4-11,13-21,23-30,32,34,37,45,47H,1-2,12,22,31,46H2,3H3/b6-5-,18-15-,23-13-,25-10-,27-14?,30-16-,42-36-. The van der Waals surface area contributed by atoms with Crippen molar-refractivity contribution in [3.8, 4) is 0 Å². The number of benzene rings is 2. The van der Waals surface area contributed by atoms with Crippen LogP contribution in [0.25, 0.3) is 11.1 Å². The van der Waals surface area contributed by atoms with Gasteiger partial charge in [-0.2, -0.15) is 0 Å². The number of anilines is 2. The van der Waals surface area contributed by atoms with E-state index >= 15 is 0 Å². The van der Waals surface area contributed by atoms with E-state index in [9.17, 15) is 0 Å². The highest BCUT2D eigenvalue weighted by Gasteiger charge is 2.31. The van der Waals surface area contributed by atoms with E-state index in [0.29, 0.717) is 11.8 Å². The predicted octanol–water partition coefficient (Wildman–Crippen LogP) is 10.6. The topological polar surface area (TPSA) is 41.3 Å². The summed E-state index contributed by atoms with van der Waals surface area (Å²) in [5.41, 5.74) is 18.6. The van der Waals surface area contributed by atoms with Gasteiger partial charge < -0.3 is 16.0 Å². The molecule has 0 saturated heterocycles. The average molecular weight is 628 g/mol. The number of hydrogen-bond acceptors (Lipinski definition) is 3. The second-order valence-corrected chi connectivity index (χ2v) is 12.5. The van der Waals surface area contributed by atoms with E-state index in [-0.39, 0.29) is 6.17 Å². The van der Waals surface area contributed by atoms with E-state index in [0.717, 1.165) is 41.8 Å². The largest absolute Gasteiger partial charge is 0.366 e. The van der Waals surface area contributed by atoms with Crippen LogP contribution in [0, 0.1) is 5.92 Å². The highest BCUT2D eigenvalue weighted by Crippen LogP contribution is 2.46. The fraction of sp³-hybridized carbons (Fsp3) is 0.156. The zero-order valence-corrected chi connectivity index (χ0v) is 27.8. The van der Waals surface area contributed by atoms with Crippen molar-refractivity contribution in [2.24, 2.45) is 11.7 Å². The third-order valence-corrected chi connectivity index (χ3v) is 9.33. The smallest absolute Gasteiger partial charge is 0.0938 e. The van der Waals surface area contributed by atoms with E-state index in [2.05, 4.69) is 158 Å². The summed E-state index contributed by atoms with van der Waals surface area (Å²) in [7, 11) is 0. The van der Waals surface area contributed by atoms with Gasteiger partial charge >= 0.3 is 0 Å². The summed E-state index contributed by atoms with van der Waals surface area (Å²) in [5.74, 6) is 0.792. The molecule has 2 aromatic rings. The molecule has 0 bridgehead atoms. The van der Waals surface area contributed by atoms with Gasteiger partial charge in [0.05, 0.1) is 11.9 Å². The third kappa shape index (κ3) is 7.43. The van der Waals surface area contributed by atoms with Crippen LogP contribution < -0.4 is 16.0 Å². The maximum absolute atomic E-state index is 6.52. The van der Waals surface area contributed by atoms with Gasteiger partial charge in [0, 0.05) is 23.1 Å². The number of nitrogens with zero attached hydrogens (tertiary/aromatic N) is 1. The lowest BCUT2D eigenvalue weighted by Crippen LogP contribution is -2.34. The molecule has 6 rings (SSSR count). The minimum absolute atomic E-state index is 0.322. The molecule has 3 atom stereocenters. The molecule has 2 aromatic carbocycles. The van der Waals surface area contributed by atoms with Gasteiger partial charge in [-0.15, -0.1) is 0 Å². The summed E-state index contributed by atoms with van der Waals surface area (Å²) in [4.78, 5) is 2.36. The number of nitrogens with one attached hydrogen (secondary N) is 1. The molecule has 240 valence electrons. The van der Waals surface area contributed by atoms with Crippen molar-refractivity contribution in [2.75, 3.05) is 4.90 Å². The van der Waals surface area contributed by atoms with Gasteiger partial charge in [0.15, 0.2) is 0 Å². The van der Waals surface area contributed by atoms with Crippen molar-refractivity contribution in [3.63, 3.8) is 0 Å². The van der Waals surface area contributed by atoms with E-state index in [1.165, 1.54) is 33.5 Å². The molecule has 0 amide bonds. The molecule has 3 N–H and O–H groups in total. The molecule has 0 saturated carbocycles. The minimum atomic E-state index is -0.322. The maximum atomic E-state index is 6.52. The molecule has 0 spiro atoms. The first-order valence-electron chi connectivity index (χ1n) is 16.9. The normalized spacial score (nSPS) is 23.1. The second kappa shape index (κ2) is 15.5. The van der Waals surface area contributed by atoms with Crippen LogP contribution in [0.4, 0.5) is 11.4 Å². The first kappa shape index (κ1) is 32.6. The molecule has 4 aliphatic rings. The van der Waals surface area contributed by atoms with Crippen molar-refractivity contribution in [2.45, 2.75) is 38.3 Å². The van der Waals surface area contributed by atoms with Crippen LogP contribution in [0.2, 0.25) is 0 Å². The molecule has 1 aliphatic heterocycles. The number of hydrogen-bond donors (Lipinski definition) is 2. The summed E-state index contributed by atoms with van der Waals surface area (Å²) >= 11 is 0. The van der Waals surface area contributed by atoms with Gasteiger partial charge in [-0.25, -0.2) is 0 Å². The second-order valence-electron chi connectivity index (χ2n) is 12.5. The predicted molar refractivity (Wildman–Crippen MR) is 207 cm³/mol. The van der Waals surface area contributed by atoms with Crippen molar-refractivity contribution in [1.29, 1.82) is 0 Å². The number of allylic oxidation sites excluding steroid dienone is 21. The molecule has 0 aromatic heterocycles. The van der Waals surface area contributed by atoms with Crippen LogP contribution >= 0.6 is 0 Å². The van der Waals surface area contributed by atoms with Crippen LogP contribution in [-0.4, -0.2) is 6.17 Å².